The van der Waals surface area contributed by atoms with Crippen molar-refractivity contribution in [2.45, 2.75) is 19.5 Å². The smallest absolute Gasteiger partial charge is 0.333 e. The molecule has 1 saturated heterocycles. The van der Waals surface area contributed by atoms with E-state index in [0.717, 1.165) is 4.90 Å². The average Bonchev–Trinajstić information content (AvgIpc) is 2.16. The largest absolute Gasteiger partial charge is 0.406 e. The van der Waals surface area contributed by atoms with Crippen LogP contribution < -0.4 is 0 Å². The first-order valence-electron chi connectivity index (χ1n) is 3.75. The Morgan fingerprint density at radius 2 is 2.17 bits per heavy atom. The molecule has 0 aliphatic carbocycles. The highest BCUT2D eigenvalue weighted by atomic mass is 19.4. The van der Waals surface area contributed by atoms with Crippen molar-refractivity contribution in [3.05, 3.63) is 0 Å². The summed E-state index contributed by atoms with van der Waals surface area (Å²) >= 11 is 0. The van der Waals surface area contributed by atoms with E-state index in [9.17, 15) is 18.0 Å². The minimum absolute atomic E-state index is 0.236. The highest BCUT2D eigenvalue weighted by Crippen LogP contribution is 2.23. The first-order chi connectivity index (χ1) is 5.40. The van der Waals surface area contributed by atoms with Crippen molar-refractivity contribution in [3.8, 4) is 0 Å². The Balaban J connectivity index is 2.50. The fourth-order valence-electron chi connectivity index (χ4n) is 1.27. The number of hydrogen-bond acceptors (Lipinski definition) is 1. The Morgan fingerprint density at radius 1 is 1.58 bits per heavy atom. The van der Waals surface area contributed by atoms with Crippen LogP contribution >= 0.6 is 0 Å². The van der Waals surface area contributed by atoms with E-state index in [1.54, 1.807) is 6.92 Å². The second-order valence-electron chi connectivity index (χ2n) is 3.06. The summed E-state index contributed by atoms with van der Waals surface area (Å²) in [6, 6.07) is 0. The van der Waals surface area contributed by atoms with E-state index >= 15 is 0 Å². The lowest BCUT2D eigenvalue weighted by molar-refractivity contribution is -0.158. The van der Waals surface area contributed by atoms with Crippen molar-refractivity contribution in [1.29, 1.82) is 0 Å². The second-order valence-corrected chi connectivity index (χ2v) is 3.06. The molecule has 0 bridgehead atoms. The number of likely N-dealkylation sites (tertiary alicyclic amines) is 1. The minimum atomic E-state index is -4.26. The molecule has 0 aromatic carbocycles. The Morgan fingerprint density at radius 3 is 2.50 bits per heavy atom. The van der Waals surface area contributed by atoms with Gasteiger partial charge in [0, 0.05) is 12.5 Å². The first kappa shape index (κ1) is 9.35. The Kier molecular flexibility index (Phi) is 2.30. The van der Waals surface area contributed by atoms with E-state index in [-0.39, 0.29) is 18.4 Å². The van der Waals surface area contributed by atoms with E-state index in [0.29, 0.717) is 6.42 Å². The van der Waals surface area contributed by atoms with Crippen LogP contribution in [0.3, 0.4) is 0 Å². The number of carbonyl (C=O) groups excluding carboxylic acids is 1. The van der Waals surface area contributed by atoms with Crippen LogP contribution in [0, 0.1) is 5.92 Å². The molecule has 1 atom stereocenters. The van der Waals surface area contributed by atoms with Gasteiger partial charge in [0.25, 0.3) is 0 Å². The van der Waals surface area contributed by atoms with Gasteiger partial charge in [-0.05, 0) is 6.42 Å². The number of rotatable bonds is 1. The lowest BCUT2D eigenvalue weighted by Crippen LogP contribution is -2.35. The molecule has 0 radical (unpaired) electrons. The lowest BCUT2D eigenvalue weighted by atomic mass is 10.1. The van der Waals surface area contributed by atoms with Crippen LogP contribution in [0.1, 0.15) is 13.3 Å². The Labute approximate surface area is 68.3 Å². The maximum Gasteiger partial charge on any atom is 0.406 e. The maximum atomic E-state index is 11.8. The van der Waals surface area contributed by atoms with Gasteiger partial charge in [0.15, 0.2) is 0 Å². The van der Waals surface area contributed by atoms with Crippen molar-refractivity contribution in [1.82, 2.24) is 4.90 Å². The van der Waals surface area contributed by atoms with Crippen LogP contribution in [0.25, 0.3) is 0 Å². The molecule has 1 fully saturated rings. The zero-order valence-corrected chi connectivity index (χ0v) is 6.69. The van der Waals surface area contributed by atoms with Crippen LogP contribution in [-0.4, -0.2) is 30.1 Å². The van der Waals surface area contributed by atoms with Crippen LogP contribution in [0.2, 0.25) is 0 Å². The van der Waals surface area contributed by atoms with Crippen LogP contribution in [0.4, 0.5) is 13.2 Å². The highest BCUT2D eigenvalue weighted by molar-refractivity contribution is 5.80. The molecular weight excluding hydrogens is 171 g/mol. The predicted octanol–water partition coefficient (Wildman–Crippen LogP) is 1.42. The molecule has 1 unspecified atom stereocenters. The maximum absolute atomic E-state index is 11.8. The molecule has 0 aromatic rings. The van der Waals surface area contributed by atoms with Crippen molar-refractivity contribution in [2.24, 2.45) is 5.92 Å². The molecule has 1 amide bonds. The summed E-state index contributed by atoms with van der Waals surface area (Å²) in [4.78, 5) is 11.9. The molecule has 1 heterocycles. The second kappa shape index (κ2) is 2.95. The molecule has 0 spiro atoms. The number of carbonyl (C=O) groups is 1. The molecule has 0 N–H and O–H groups in total. The quantitative estimate of drug-likeness (QED) is 0.599. The molecule has 5 heteroatoms. The van der Waals surface area contributed by atoms with Crippen molar-refractivity contribution < 1.29 is 18.0 Å². The molecule has 0 saturated carbocycles. The van der Waals surface area contributed by atoms with E-state index in [1.807, 2.05) is 0 Å². The van der Waals surface area contributed by atoms with Gasteiger partial charge in [0.2, 0.25) is 5.91 Å². The third-order valence-corrected chi connectivity index (χ3v) is 1.94. The van der Waals surface area contributed by atoms with Crippen LogP contribution in [-0.2, 0) is 4.79 Å². The molecule has 2 nitrogen and oxygen atoms in total. The fraction of sp³-hybridized carbons (Fsp3) is 0.857. The molecule has 1 rings (SSSR count). The van der Waals surface area contributed by atoms with Gasteiger partial charge >= 0.3 is 6.18 Å². The number of hydrogen-bond donors (Lipinski definition) is 0. The van der Waals surface area contributed by atoms with Crippen molar-refractivity contribution in [3.63, 3.8) is 0 Å². The zero-order valence-electron chi connectivity index (χ0n) is 6.69. The summed E-state index contributed by atoms with van der Waals surface area (Å²) in [5.74, 6) is -0.625. The van der Waals surface area contributed by atoms with Crippen molar-refractivity contribution in [2.75, 3.05) is 13.1 Å². The van der Waals surface area contributed by atoms with Gasteiger partial charge in [-0.15, -0.1) is 0 Å². The fourth-order valence-corrected chi connectivity index (χ4v) is 1.27. The third-order valence-electron chi connectivity index (χ3n) is 1.94. The Bertz CT molecular complexity index is 190. The van der Waals surface area contributed by atoms with E-state index in [4.69, 9.17) is 0 Å². The van der Waals surface area contributed by atoms with Crippen LogP contribution in [0.5, 0.6) is 0 Å². The standard InChI is InChI=1S/C7H10F3NO/c1-5-2-3-11(6(5)12)4-7(8,9)10/h5H,2-4H2,1H3. The third kappa shape index (κ3) is 2.12. The number of halogens is 3. The molecular formula is C7H10F3NO. The van der Waals surface area contributed by atoms with Gasteiger partial charge in [-0.1, -0.05) is 6.92 Å². The van der Waals surface area contributed by atoms with Gasteiger partial charge in [-0.25, -0.2) is 0 Å². The Hall–Kier alpha value is -0.740. The van der Waals surface area contributed by atoms with Gasteiger partial charge < -0.3 is 4.90 Å². The predicted molar refractivity (Wildman–Crippen MR) is 36.4 cm³/mol. The minimum Gasteiger partial charge on any atom is -0.333 e. The average molecular weight is 181 g/mol. The zero-order chi connectivity index (χ0) is 9.35. The molecule has 12 heavy (non-hydrogen) atoms. The normalized spacial score (nSPS) is 25.2. The van der Waals surface area contributed by atoms with Crippen LogP contribution in [0.15, 0.2) is 0 Å². The summed E-state index contributed by atoms with van der Waals surface area (Å²) in [5, 5.41) is 0. The topological polar surface area (TPSA) is 20.3 Å². The van der Waals surface area contributed by atoms with E-state index < -0.39 is 12.7 Å². The SMILES string of the molecule is CC1CCN(CC(F)(F)F)C1=O. The summed E-state index contributed by atoms with van der Waals surface area (Å²) in [6.07, 6.45) is -3.73. The molecule has 0 aromatic heterocycles. The number of alkyl halides is 3. The summed E-state index contributed by atoms with van der Waals surface area (Å²) in [5.41, 5.74) is 0. The van der Waals surface area contributed by atoms with Gasteiger partial charge in [0.05, 0.1) is 0 Å². The highest BCUT2D eigenvalue weighted by Gasteiger charge is 2.37. The summed E-state index contributed by atoms with van der Waals surface area (Å²) in [6.45, 7) is 0.786. The lowest BCUT2D eigenvalue weighted by Gasteiger charge is -2.17. The van der Waals surface area contributed by atoms with Crippen molar-refractivity contribution >= 4 is 5.91 Å². The van der Waals surface area contributed by atoms with E-state index in [1.165, 1.54) is 0 Å². The number of nitrogens with zero attached hydrogens (tertiary/aromatic N) is 1. The summed E-state index contributed by atoms with van der Waals surface area (Å²) < 4.78 is 35.4. The van der Waals surface area contributed by atoms with Gasteiger partial charge in [-0.2, -0.15) is 13.2 Å². The molecule has 1 aliphatic heterocycles. The van der Waals surface area contributed by atoms with E-state index in [2.05, 4.69) is 0 Å². The summed E-state index contributed by atoms with van der Waals surface area (Å²) in [7, 11) is 0. The van der Waals surface area contributed by atoms with Gasteiger partial charge in [0.1, 0.15) is 6.54 Å². The molecule has 1 aliphatic rings. The molecule has 70 valence electrons. The van der Waals surface area contributed by atoms with Gasteiger partial charge in [-0.3, -0.25) is 4.79 Å². The number of amides is 1. The monoisotopic (exact) mass is 181 g/mol. The first-order valence-corrected chi connectivity index (χ1v) is 3.75.